The predicted octanol–water partition coefficient (Wildman–Crippen LogP) is 3.14. The zero-order valence-electron chi connectivity index (χ0n) is 20.0. The molecule has 3 aliphatic rings. The van der Waals surface area contributed by atoms with Gasteiger partial charge >= 0.3 is 6.09 Å². The number of piperidine rings is 2. The van der Waals surface area contributed by atoms with Gasteiger partial charge in [0.2, 0.25) is 0 Å². The Kier molecular flexibility index (Phi) is 8.26. The number of carbonyl (C=O) groups is 1. The molecule has 3 saturated heterocycles. The van der Waals surface area contributed by atoms with Crippen molar-refractivity contribution in [3.8, 4) is 12.1 Å². The zero-order chi connectivity index (χ0) is 23.1. The molecule has 3 heterocycles. The molecular weight excluding hydrogens is 404 g/mol. The van der Waals surface area contributed by atoms with E-state index in [1.807, 2.05) is 20.8 Å². The summed E-state index contributed by atoms with van der Waals surface area (Å²) in [7, 11) is 0. The van der Waals surface area contributed by atoms with E-state index < -0.39 is 5.60 Å². The second-order valence-electron chi connectivity index (χ2n) is 10.1. The lowest BCUT2D eigenvalue weighted by molar-refractivity contribution is 0.0164. The largest absolute Gasteiger partial charge is 0.444 e. The first kappa shape index (κ1) is 24.2. The van der Waals surface area contributed by atoms with Crippen LogP contribution in [0.4, 0.5) is 4.79 Å². The third kappa shape index (κ3) is 6.29. The van der Waals surface area contributed by atoms with Gasteiger partial charge < -0.3 is 24.3 Å². The molecule has 0 unspecified atom stereocenters. The number of carbonyl (C=O) groups excluding carboxylic acids is 1. The Morgan fingerprint density at radius 1 is 0.969 bits per heavy atom. The van der Waals surface area contributed by atoms with Gasteiger partial charge in [-0.1, -0.05) is 6.42 Å². The number of hydrogen-bond acceptors (Lipinski definition) is 7. The number of nitriles is 2. The number of amides is 1. The van der Waals surface area contributed by atoms with E-state index >= 15 is 0 Å². The van der Waals surface area contributed by atoms with Crippen LogP contribution in [0.25, 0.3) is 0 Å². The van der Waals surface area contributed by atoms with Gasteiger partial charge in [0, 0.05) is 38.8 Å². The lowest BCUT2D eigenvalue weighted by atomic mass is 10.0. The highest BCUT2D eigenvalue weighted by atomic mass is 16.6. The lowest BCUT2D eigenvalue weighted by Crippen LogP contribution is -2.47. The van der Waals surface area contributed by atoms with Crippen molar-refractivity contribution in [2.75, 3.05) is 52.4 Å². The van der Waals surface area contributed by atoms with Crippen LogP contribution in [0.3, 0.4) is 0 Å². The number of rotatable bonds is 5. The van der Waals surface area contributed by atoms with Crippen LogP contribution in [-0.2, 0) is 4.74 Å². The Bertz CT molecular complexity index is 745. The maximum atomic E-state index is 12.4. The summed E-state index contributed by atoms with van der Waals surface area (Å²) in [6.45, 7) is 12.9. The minimum absolute atomic E-state index is 0.204. The predicted molar refractivity (Wildman–Crippen MR) is 122 cm³/mol. The summed E-state index contributed by atoms with van der Waals surface area (Å²) < 4.78 is 5.51. The fraction of sp³-hybridized carbons (Fsp3) is 0.792. The summed E-state index contributed by atoms with van der Waals surface area (Å²) in [6.07, 6.45) is 6.32. The molecule has 0 atom stereocenters. The average molecular weight is 443 g/mol. The Labute approximate surface area is 193 Å². The van der Waals surface area contributed by atoms with Crippen LogP contribution >= 0.6 is 0 Å². The van der Waals surface area contributed by atoms with Crippen LogP contribution in [0.15, 0.2) is 11.4 Å². The van der Waals surface area contributed by atoms with Crippen LogP contribution in [0, 0.1) is 22.7 Å². The van der Waals surface area contributed by atoms with E-state index in [0.717, 1.165) is 51.3 Å². The molecule has 0 radical (unpaired) electrons. The molecule has 8 heteroatoms. The van der Waals surface area contributed by atoms with Crippen molar-refractivity contribution in [2.45, 2.75) is 70.9 Å². The zero-order valence-corrected chi connectivity index (χ0v) is 20.0. The maximum absolute atomic E-state index is 12.4. The molecule has 3 fully saturated rings. The van der Waals surface area contributed by atoms with Gasteiger partial charge in [0.15, 0.2) is 5.57 Å². The smallest absolute Gasteiger partial charge is 0.410 e. The standard InChI is InChI=1S/C24H38N6O2/c1-24(2,3)32-23(31)29-14-8-21(9-15-29)30-17-16-28(22(30)20(18-25)19-26)13-7-12-27-10-5-4-6-11-27/h21H,4-17H2,1-3H3. The van der Waals surface area contributed by atoms with Gasteiger partial charge in [-0.2, -0.15) is 10.5 Å². The molecule has 8 nitrogen and oxygen atoms in total. The molecule has 3 aliphatic heterocycles. The van der Waals surface area contributed by atoms with E-state index in [9.17, 15) is 15.3 Å². The van der Waals surface area contributed by atoms with Crippen LogP contribution < -0.4 is 0 Å². The van der Waals surface area contributed by atoms with Crippen molar-refractivity contribution in [1.29, 1.82) is 10.5 Å². The fourth-order valence-electron chi connectivity index (χ4n) is 4.98. The number of allylic oxidation sites excluding steroid dienone is 1. The Hall–Kier alpha value is -2.45. The molecule has 0 N–H and O–H groups in total. The molecule has 32 heavy (non-hydrogen) atoms. The third-order valence-electron chi connectivity index (χ3n) is 6.54. The monoisotopic (exact) mass is 442 g/mol. The molecule has 0 saturated carbocycles. The maximum Gasteiger partial charge on any atom is 0.410 e. The second-order valence-corrected chi connectivity index (χ2v) is 10.1. The third-order valence-corrected chi connectivity index (χ3v) is 6.54. The van der Waals surface area contributed by atoms with E-state index in [0.29, 0.717) is 13.1 Å². The number of ether oxygens (including phenoxy) is 1. The van der Waals surface area contributed by atoms with Crippen LogP contribution in [0.5, 0.6) is 0 Å². The van der Waals surface area contributed by atoms with Gasteiger partial charge in [-0.3, -0.25) is 0 Å². The first-order valence-electron chi connectivity index (χ1n) is 12.1. The normalized spacial score (nSPS) is 20.8. The molecule has 1 amide bonds. The van der Waals surface area contributed by atoms with Gasteiger partial charge in [0.1, 0.15) is 23.6 Å². The van der Waals surface area contributed by atoms with E-state index in [1.54, 1.807) is 4.90 Å². The highest BCUT2D eigenvalue weighted by Gasteiger charge is 2.36. The van der Waals surface area contributed by atoms with E-state index in [1.165, 1.54) is 32.4 Å². The molecule has 0 bridgehead atoms. The molecule has 3 rings (SSSR count). The molecule has 176 valence electrons. The van der Waals surface area contributed by atoms with E-state index in [-0.39, 0.29) is 17.7 Å². The van der Waals surface area contributed by atoms with Crippen molar-refractivity contribution in [2.24, 2.45) is 0 Å². The summed E-state index contributed by atoms with van der Waals surface area (Å²) in [5, 5.41) is 19.2. The van der Waals surface area contributed by atoms with Gasteiger partial charge in [-0.05, 0) is 72.5 Å². The average Bonchev–Trinajstić information content (AvgIpc) is 3.18. The number of likely N-dealkylation sites (tertiary alicyclic amines) is 2. The van der Waals surface area contributed by atoms with Gasteiger partial charge in [-0.15, -0.1) is 0 Å². The summed E-state index contributed by atoms with van der Waals surface area (Å²) in [5.41, 5.74) is -0.294. The first-order valence-corrected chi connectivity index (χ1v) is 12.1. The summed E-state index contributed by atoms with van der Waals surface area (Å²) in [6, 6.07) is 4.48. The molecule has 0 spiro atoms. The van der Waals surface area contributed by atoms with Crippen molar-refractivity contribution in [1.82, 2.24) is 19.6 Å². The number of nitrogens with zero attached hydrogens (tertiary/aromatic N) is 6. The van der Waals surface area contributed by atoms with E-state index in [2.05, 4.69) is 26.8 Å². The summed E-state index contributed by atoms with van der Waals surface area (Å²) in [5.74, 6) is 0.796. The topological polar surface area (TPSA) is 86.8 Å². The molecular formula is C24H38N6O2. The summed E-state index contributed by atoms with van der Waals surface area (Å²) >= 11 is 0. The minimum atomic E-state index is -0.498. The van der Waals surface area contributed by atoms with Gasteiger partial charge in [-0.25, -0.2) is 4.79 Å². The molecule has 0 aliphatic carbocycles. The van der Waals surface area contributed by atoms with Crippen LogP contribution in [0.1, 0.15) is 59.3 Å². The van der Waals surface area contributed by atoms with Crippen molar-refractivity contribution < 1.29 is 9.53 Å². The number of hydrogen-bond donors (Lipinski definition) is 0. The Morgan fingerprint density at radius 3 is 2.22 bits per heavy atom. The van der Waals surface area contributed by atoms with E-state index in [4.69, 9.17) is 4.74 Å². The lowest BCUT2D eigenvalue weighted by Gasteiger charge is -2.39. The van der Waals surface area contributed by atoms with Crippen molar-refractivity contribution in [3.05, 3.63) is 11.4 Å². The van der Waals surface area contributed by atoms with Crippen LogP contribution in [0.2, 0.25) is 0 Å². The second kappa shape index (κ2) is 10.9. The summed E-state index contributed by atoms with van der Waals surface area (Å²) in [4.78, 5) is 21.2. The Morgan fingerprint density at radius 2 is 1.62 bits per heavy atom. The Balaban J connectivity index is 1.59. The first-order chi connectivity index (χ1) is 15.3. The minimum Gasteiger partial charge on any atom is -0.444 e. The fourth-order valence-corrected chi connectivity index (χ4v) is 4.98. The SMILES string of the molecule is CC(C)(C)OC(=O)N1CCC(N2CCN(CCCN3CCCCC3)C2=C(C#N)C#N)CC1. The van der Waals surface area contributed by atoms with Crippen LogP contribution in [-0.4, -0.2) is 89.7 Å². The highest BCUT2D eigenvalue weighted by molar-refractivity contribution is 5.68. The quantitative estimate of drug-likeness (QED) is 0.605. The highest BCUT2D eigenvalue weighted by Crippen LogP contribution is 2.29. The molecule has 0 aromatic carbocycles. The van der Waals surface area contributed by atoms with Crippen molar-refractivity contribution in [3.63, 3.8) is 0 Å². The molecule has 0 aromatic rings. The van der Waals surface area contributed by atoms with Crippen molar-refractivity contribution >= 4 is 6.09 Å². The van der Waals surface area contributed by atoms with Gasteiger partial charge in [0.05, 0.1) is 0 Å². The molecule has 0 aromatic heterocycles. The van der Waals surface area contributed by atoms with Gasteiger partial charge in [0.25, 0.3) is 0 Å².